The van der Waals surface area contributed by atoms with Crippen molar-refractivity contribution in [1.82, 2.24) is 0 Å². The van der Waals surface area contributed by atoms with E-state index in [-0.39, 0.29) is 17.5 Å². The van der Waals surface area contributed by atoms with Gasteiger partial charge in [-0.3, -0.25) is 4.79 Å². The van der Waals surface area contributed by atoms with Gasteiger partial charge in [0.05, 0.1) is 6.42 Å². The number of hydrogen-bond acceptors (Lipinski definition) is 2. The largest absolute Gasteiger partial charge is 0.457 e. The van der Waals surface area contributed by atoms with Crippen molar-refractivity contribution in [3.05, 3.63) is 12.2 Å². The van der Waals surface area contributed by atoms with Gasteiger partial charge in [0.15, 0.2) is 0 Å². The number of hydrogen-bond donors (Lipinski definition) is 0. The highest BCUT2D eigenvalue weighted by Crippen LogP contribution is 2.42. The van der Waals surface area contributed by atoms with Crippen LogP contribution in [0.5, 0.6) is 0 Å². The third-order valence-corrected chi connectivity index (χ3v) is 2.69. The highest BCUT2D eigenvalue weighted by Gasteiger charge is 2.44. The van der Waals surface area contributed by atoms with Gasteiger partial charge in [0, 0.05) is 5.41 Å². The lowest BCUT2D eigenvalue weighted by atomic mass is 9.76. The molecule has 1 aliphatic carbocycles. The van der Waals surface area contributed by atoms with Gasteiger partial charge in [0.2, 0.25) is 0 Å². The predicted molar refractivity (Wildman–Crippen MR) is 41.0 cm³/mol. The number of carbonyl (C=O) groups is 1. The van der Waals surface area contributed by atoms with Crippen LogP contribution in [0.25, 0.3) is 0 Å². The van der Waals surface area contributed by atoms with Gasteiger partial charge >= 0.3 is 5.97 Å². The molecule has 2 heteroatoms. The molecule has 0 unspecified atom stereocenters. The number of fused-ring (bicyclic) bond motifs is 1. The summed E-state index contributed by atoms with van der Waals surface area (Å²) < 4.78 is 5.14. The molecule has 11 heavy (non-hydrogen) atoms. The fraction of sp³-hybridized carbons (Fsp3) is 0.667. The summed E-state index contributed by atoms with van der Waals surface area (Å²) in [6, 6.07) is 0. The average molecular weight is 152 g/mol. The lowest BCUT2D eigenvalue weighted by molar-refractivity contribution is -0.140. The Balaban J connectivity index is 2.27. The summed E-state index contributed by atoms with van der Waals surface area (Å²) in [5.41, 5.74) is 0.103. The van der Waals surface area contributed by atoms with Crippen LogP contribution in [-0.4, -0.2) is 12.1 Å². The van der Waals surface area contributed by atoms with Gasteiger partial charge in [0.25, 0.3) is 0 Å². The van der Waals surface area contributed by atoms with E-state index in [1.807, 2.05) is 6.08 Å². The Kier molecular flexibility index (Phi) is 1.31. The molecule has 0 aromatic carbocycles. The van der Waals surface area contributed by atoms with E-state index in [0.29, 0.717) is 6.42 Å². The maximum Gasteiger partial charge on any atom is 0.307 e. The third-order valence-electron chi connectivity index (χ3n) is 2.69. The molecule has 1 fully saturated rings. The normalized spacial score (nSPS) is 41.9. The van der Waals surface area contributed by atoms with E-state index < -0.39 is 0 Å². The van der Waals surface area contributed by atoms with Crippen molar-refractivity contribution in [1.29, 1.82) is 0 Å². The van der Waals surface area contributed by atoms with Crippen LogP contribution >= 0.6 is 0 Å². The van der Waals surface area contributed by atoms with Gasteiger partial charge in [-0.05, 0) is 18.9 Å². The Morgan fingerprint density at radius 2 is 2.55 bits per heavy atom. The van der Waals surface area contributed by atoms with E-state index in [0.717, 1.165) is 12.8 Å². The summed E-state index contributed by atoms with van der Waals surface area (Å²) in [7, 11) is 0. The highest BCUT2D eigenvalue weighted by molar-refractivity contribution is 5.73. The monoisotopic (exact) mass is 152 g/mol. The molecule has 60 valence electrons. The zero-order valence-electron chi connectivity index (χ0n) is 6.67. The molecule has 0 amide bonds. The van der Waals surface area contributed by atoms with Crippen molar-refractivity contribution in [3.8, 4) is 0 Å². The summed E-state index contributed by atoms with van der Waals surface area (Å²) in [5.74, 6) is -0.0379. The van der Waals surface area contributed by atoms with E-state index in [1.54, 1.807) is 0 Å². The molecule has 0 aromatic heterocycles. The second kappa shape index (κ2) is 2.10. The summed E-state index contributed by atoms with van der Waals surface area (Å²) >= 11 is 0. The van der Waals surface area contributed by atoms with Crippen molar-refractivity contribution < 1.29 is 9.53 Å². The molecule has 2 atom stereocenters. The standard InChI is InChI=1S/C9H12O2/c1-9-5-3-2-4-7(9)11-8(10)6-9/h2,4,7H,3,5-6H2,1H3/t7-,9-/m1/s1. The first kappa shape index (κ1) is 6.89. The molecule has 0 radical (unpaired) electrons. The maximum absolute atomic E-state index is 11.0. The summed E-state index contributed by atoms with van der Waals surface area (Å²) in [6.07, 6.45) is 6.95. The Labute approximate surface area is 66.2 Å². The minimum Gasteiger partial charge on any atom is -0.457 e. The first-order valence-corrected chi connectivity index (χ1v) is 4.07. The number of esters is 1. The molecule has 1 heterocycles. The molecule has 2 aliphatic rings. The minimum absolute atomic E-state index is 0.0379. The first-order valence-electron chi connectivity index (χ1n) is 4.07. The van der Waals surface area contributed by atoms with Gasteiger partial charge in [-0.1, -0.05) is 13.0 Å². The van der Waals surface area contributed by atoms with E-state index >= 15 is 0 Å². The molecular formula is C9H12O2. The smallest absolute Gasteiger partial charge is 0.307 e. The van der Waals surface area contributed by atoms with Crippen molar-refractivity contribution in [2.75, 3.05) is 0 Å². The van der Waals surface area contributed by atoms with Crippen LogP contribution in [0, 0.1) is 5.41 Å². The summed E-state index contributed by atoms with van der Waals surface area (Å²) in [6.45, 7) is 2.13. The summed E-state index contributed by atoms with van der Waals surface area (Å²) in [4.78, 5) is 11.0. The highest BCUT2D eigenvalue weighted by atomic mass is 16.6. The van der Waals surface area contributed by atoms with Crippen LogP contribution in [0.3, 0.4) is 0 Å². The van der Waals surface area contributed by atoms with Crippen LogP contribution in [-0.2, 0) is 9.53 Å². The zero-order chi connectivity index (χ0) is 7.90. The molecule has 0 saturated carbocycles. The quantitative estimate of drug-likeness (QED) is 0.390. The number of rotatable bonds is 0. The molecule has 1 saturated heterocycles. The van der Waals surface area contributed by atoms with Crippen molar-refractivity contribution in [3.63, 3.8) is 0 Å². The molecule has 0 bridgehead atoms. The lowest BCUT2D eigenvalue weighted by Crippen LogP contribution is -2.27. The Morgan fingerprint density at radius 3 is 3.27 bits per heavy atom. The van der Waals surface area contributed by atoms with Gasteiger partial charge in [-0.2, -0.15) is 0 Å². The Morgan fingerprint density at radius 1 is 1.73 bits per heavy atom. The number of ether oxygens (including phenoxy) is 1. The minimum atomic E-state index is -0.0379. The average Bonchev–Trinajstić information content (AvgIpc) is 2.22. The molecule has 1 aliphatic heterocycles. The molecule has 0 spiro atoms. The van der Waals surface area contributed by atoms with Gasteiger partial charge in [0.1, 0.15) is 6.10 Å². The van der Waals surface area contributed by atoms with Gasteiger partial charge < -0.3 is 4.74 Å². The molecular weight excluding hydrogens is 140 g/mol. The Bertz CT molecular complexity index is 220. The fourth-order valence-corrected chi connectivity index (χ4v) is 1.89. The van der Waals surface area contributed by atoms with Crippen LogP contribution < -0.4 is 0 Å². The third kappa shape index (κ3) is 0.971. The van der Waals surface area contributed by atoms with Crippen molar-refractivity contribution in [2.45, 2.75) is 32.3 Å². The van der Waals surface area contributed by atoms with E-state index in [2.05, 4.69) is 13.0 Å². The maximum atomic E-state index is 11.0. The van der Waals surface area contributed by atoms with Crippen LogP contribution in [0.2, 0.25) is 0 Å². The SMILES string of the molecule is C[C@]12CCC=C[C@H]1OC(=O)C2. The van der Waals surface area contributed by atoms with Crippen LogP contribution in [0.15, 0.2) is 12.2 Å². The number of carbonyl (C=O) groups excluding carboxylic acids is 1. The summed E-state index contributed by atoms with van der Waals surface area (Å²) in [5, 5.41) is 0. The lowest BCUT2D eigenvalue weighted by Gasteiger charge is -2.28. The zero-order valence-corrected chi connectivity index (χ0v) is 6.67. The molecule has 0 aromatic rings. The second-order valence-electron chi connectivity index (χ2n) is 3.71. The van der Waals surface area contributed by atoms with E-state index in [9.17, 15) is 4.79 Å². The fourth-order valence-electron chi connectivity index (χ4n) is 1.89. The van der Waals surface area contributed by atoms with Gasteiger partial charge in [-0.25, -0.2) is 0 Å². The predicted octanol–water partition coefficient (Wildman–Crippen LogP) is 1.66. The van der Waals surface area contributed by atoms with Crippen LogP contribution in [0.1, 0.15) is 26.2 Å². The molecule has 2 nitrogen and oxygen atoms in total. The molecule has 2 rings (SSSR count). The molecule has 0 N–H and O–H groups in total. The topological polar surface area (TPSA) is 26.3 Å². The van der Waals surface area contributed by atoms with Crippen molar-refractivity contribution in [2.24, 2.45) is 5.41 Å². The van der Waals surface area contributed by atoms with Crippen molar-refractivity contribution >= 4 is 5.97 Å². The van der Waals surface area contributed by atoms with E-state index in [4.69, 9.17) is 4.74 Å². The first-order chi connectivity index (χ1) is 5.21. The number of allylic oxidation sites excluding steroid dienone is 1. The Hall–Kier alpha value is -0.790. The van der Waals surface area contributed by atoms with Gasteiger partial charge in [-0.15, -0.1) is 0 Å². The van der Waals surface area contributed by atoms with Crippen LogP contribution in [0.4, 0.5) is 0 Å². The van der Waals surface area contributed by atoms with E-state index in [1.165, 1.54) is 0 Å². The second-order valence-corrected chi connectivity index (χ2v) is 3.71.